The number of hydrogen-bond acceptors (Lipinski definition) is 2. The van der Waals surface area contributed by atoms with E-state index in [0.717, 1.165) is 18.4 Å². The lowest BCUT2D eigenvalue weighted by molar-refractivity contribution is 0.0528. The van der Waals surface area contributed by atoms with E-state index >= 15 is 0 Å². The van der Waals surface area contributed by atoms with Crippen molar-refractivity contribution in [2.75, 3.05) is 13.1 Å². The Morgan fingerprint density at radius 3 is 2.89 bits per heavy atom. The fourth-order valence-corrected chi connectivity index (χ4v) is 2.81. The molecule has 0 aliphatic carbocycles. The highest BCUT2D eigenvalue weighted by Crippen LogP contribution is 2.25. The minimum atomic E-state index is -0.445. The summed E-state index contributed by atoms with van der Waals surface area (Å²) in [7, 11) is 0. The molecule has 1 aliphatic rings. The zero-order valence-corrected chi connectivity index (χ0v) is 11.5. The summed E-state index contributed by atoms with van der Waals surface area (Å²) in [6.07, 6.45) is 2.03. The zero-order chi connectivity index (χ0) is 14.0. The quantitative estimate of drug-likeness (QED) is 0.891. The fourth-order valence-electron chi connectivity index (χ4n) is 2.81. The maximum absolute atomic E-state index is 13.9. The Morgan fingerprint density at radius 1 is 1.53 bits per heavy atom. The molecule has 1 fully saturated rings. The van der Waals surface area contributed by atoms with Crippen molar-refractivity contribution in [3.05, 3.63) is 35.1 Å². The molecular weight excluding hydrogens is 243 g/mol. The summed E-state index contributed by atoms with van der Waals surface area (Å²) < 4.78 is 13.9. The summed E-state index contributed by atoms with van der Waals surface area (Å²) in [6, 6.07) is 4.75. The smallest absolute Gasteiger partial charge is 0.257 e. The molecule has 4 heteroatoms. The average molecular weight is 264 g/mol. The first-order chi connectivity index (χ1) is 9.04. The summed E-state index contributed by atoms with van der Waals surface area (Å²) in [6.45, 7) is 5.00. The molecule has 104 valence electrons. The van der Waals surface area contributed by atoms with E-state index in [1.807, 2.05) is 6.92 Å². The zero-order valence-electron chi connectivity index (χ0n) is 11.5. The molecule has 0 radical (unpaired) electrons. The largest absolute Gasteiger partial charge is 0.334 e. The van der Waals surface area contributed by atoms with Crippen molar-refractivity contribution >= 4 is 5.91 Å². The van der Waals surface area contributed by atoms with Crippen LogP contribution >= 0.6 is 0 Å². The Labute approximate surface area is 113 Å². The molecule has 0 saturated carbocycles. The van der Waals surface area contributed by atoms with Crippen molar-refractivity contribution in [3.8, 4) is 0 Å². The highest BCUT2D eigenvalue weighted by atomic mass is 19.1. The lowest BCUT2D eigenvalue weighted by atomic mass is 9.90. The standard InChI is InChI=1S/C15H21FN2O/c1-10-5-6-12(13(16)8-10)15(19)18-7-3-4-11(2)14(18)9-17/h5-6,8,11,14H,3-4,7,9,17H2,1-2H3/t11-,14+/m0/s1. The minimum absolute atomic E-state index is 0.0157. The molecule has 1 heterocycles. The summed E-state index contributed by atoms with van der Waals surface area (Å²) in [5.74, 6) is -0.310. The minimum Gasteiger partial charge on any atom is -0.334 e. The van der Waals surface area contributed by atoms with Crippen LogP contribution in [0.1, 0.15) is 35.7 Å². The summed E-state index contributed by atoms with van der Waals surface area (Å²) in [5, 5.41) is 0. The second kappa shape index (κ2) is 5.70. The van der Waals surface area contributed by atoms with Crippen LogP contribution in [0.15, 0.2) is 18.2 Å². The van der Waals surface area contributed by atoms with E-state index in [2.05, 4.69) is 6.92 Å². The van der Waals surface area contributed by atoms with Crippen molar-refractivity contribution in [1.29, 1.82) is 0 Å². The van der Waals surface area contributed by atoms with Crippen LogP contribution in [0, 0.1) is 18.7 Å². The van der Waals surface area contributed by atoms with Crippen LogP contribution in [-0.2, 0) is 0 Å². The predicted molar refractivity (Wildman–Crippen MR) is 73.4 cm³/mol. The molecule has 3 nitrogen and oxygen atoms in total. The Kier molecular flexibility index (Phi) is 4.20. The number of carbonyl (C=O) groups is 1. The predicted octanol–water partition coefficient (Wildman–Crippen LogP) is 2.33. The lowest BCUT2D eigenvalue weighted by Gasteiger charge is -2.39. The van der Waals surface area contributed by atoms with Gasteiger partial charge < -0.3 is 10.6 Å². The van der Waals surface area contributed by atoms with Gasteiger partial charge in [0.1, 0.15) is 5.82 Å². The van der Waals surface area contributed by atoms with E-state index in [4.69, 9.17) is 5.73 Å². The topological polar surface area (TPSA) is 46.3 Å². The third-order valence-corrected chi connectivity index (χ3v) is 3.97. The van der Waals surface area contributed by atoms with Gasteiger partial charge in [0.25, 0.3) is 5.91 Å². The highest BCUT2D eigenvalue weighted by molar-refractivity contribution is 5.94. The van der Waals surface area contributed by atoms with Gasteiger partial charge in [0.2, 0.25) is 0 Å². The van der Waals surface area contributed by atoms with E-state index in [1.165, 1.54) is 6.07 Å². The van der Waals surface area contributed by atoms with Crippen LogP contribution < -0.4 is 5.73 Å². The first-order valence-corrected chi connectivity index (χ1v) is 6.81. The molecule has 19 heavy (non-hydrogen) atoms. The number of rotatable bonds is 2. The maximum Gasteiger partial charge on any atom is 0.257 e. The number of likely N-dealkylation sites (tertiary alicyclic amines) is 1. The number of aryl methyl sites for hydroxylation is 1. The van der Waals surface area contributed by atoms with Crippen LogP contribution in [0.5, 0.6) is 0 Å². The Morgan fingerprint density at radius 2 is 2.26 bits per heavy atom. The average Bonchev–Trinajstić information content (AvgIpc) is 2.37. The Balaban J connectivity index is 2.27. The molecule has 1 amide bonds. The molecule has 1 aromatic carbocycles. The van der Waals surface area contributed by atoms with E-state index < -0.39 is 5.82 Å². The van der Waals surface area contributed by atoms with Crippen molar-refractivity contribution in [2.45, 2.75) is 32.7 Å². The number of nitrogens with two attached hydrogens (primary N) is 1. The van der Waals surface area contributed by atoms with E-state index in [0.29, 0.717) is 19.0 Å². The van der Waals surface area contributed by atoms with Crippen LogP contribution in [0.4, 0.5) is 4.39 Å². The summed E-state index contributed by atoms with van der Waals surface area (Å²) in [4.78, 5) is 14.2. The highest BCUT2D eigenvalue weighted by Gasteiger charge is 2.32. The first kappa shape index (κ1) is 14.0. The molecule has 0 spiro atoms. The number of carbonyl (C=O) groups excluding carboxylic acids is 1. The van der Waals surface area contributed by atoms with Gasteiger partial charge in [-0.2, -0.15) is 0 Å². The van der Waals surface area contributed by atoms with Crippen LogP contribution in [-0.4, -0.2) is 29.9 Å². The second-order valence-electron chi connectivity index (χ2n) is 5.40. The maximum atomic E-state index is 13.9. The van der Waals surface area contributed by atoms with Crippen molar-refractivity contribution in [2.24, 2.45) is 11.7 Å². The lowest BCUT2D eigenvalue weighted by Crippen LogP contribution is -2.51. The van der Waals surface area contributed by atoms with Gasteiger partial charge in [-0.05, 0) is 43.4 Å². The number of halogens is 1. The number of piperidine rings is 1. The van der Waals surface area contributed by atoms with Gasteiger partial charge >= 0.3 is 0 Å². The van der Waals surface area contributed by atoms with Gasteiger partial charge in [0.05, 0.1) is 5.56 Å². The van der Waals surface area contributed by atoms with Crippen molar-refractivity contribution < 1.29 is 9.18 Å². The normalized spacial score (nSPS) is 23.5. The molecule has 2 rings (SSSR count). The third kappa shape index (κ3) is 2.78. The number of amides is 1. The second-order valence-corrected chi connectivity index (χ2v) is 5.40. The molecule has 0 unspecified atom stereocenters. The van der Waals surface area contributed by atoms with Crippen molar-refractivity contribution in [1.82, 2.24) is 4.90 Å². The molecule has 1 aliphatic heterocycles. The van der Waals surface area contributed by atoms with Gasteiger partial charge in [-0.3, -0.25) is 4.79 Å². The first-order valence-electron chi connectivity index (χ1n) is 6.81. The van der Waals surface area contributed by atoms with Gasteiger partial charge in [-0.1, -0.05) is 13.0 Å². The van der Waals surface area contributed by atoms with Crippen molar-refractivity contribution in [3.63, 3.8) is 0 Å². The van der Waals surface area contributed by atoms with E-state index in [1.54, 1.807) is 17.0 Å². The molecule has 1 aromatic rings. The van der Waals surface area contributed by atoms with Gasteiger partial charge in [-0.15, -0.1) is 0 Å². The van der Waals surface area contributed by atoms with E-state index in [-0.39, 0.29) is 17.5 Å². The number of hydrogen-bond donors (Lipinski definition) is 1. The Hall–Kier alpha value is -1.42. The molecule has 2 N–H and O–H groups in total. The molecular formula is C15H21FN2O. The Bertz CT molecular complexity index is 475. The number of benzene rings is 1. The van der Waals surface area contributed by atoms with Gasteiger partial charge in [-0.25, -0.2) is 4.39 Å². The molecule has 2 atom stereocenters. The fraction of sp³-hybridized carbons (Fsp3) is 0.533. The van der Waals surface area contributed by atoms with Gasteiger partial charge in [0, 0.05) is 19.1 Å². The summed E-state index contributed by atoms with van der Waals surface area (Å²) >= 11 is 0. The van der Waals surface area contributed by atoms with E-state index in [9.17, 15) is 9.18 Å². The van der Waals surface area contributed by atoms with Crippen LogP contribution in [0.3, 0.4) is 0 Å². The third-order valence-electron chi connectivity index (χ3n) is 3.97. The summed E-state index contributed by atoms with van der Waals surface area (Å²) in [5.41, 5.74) is 6.74. The number of nitrogens with zero attached hydrogens (tertiary/aromatic N) is 1. The van der Waals surface area contributed by atoms with Gasteiger partial charge in [0.15, 0.2) is 0 Å². The van der Waals surface area contributed by atoms with Crippen LogP contribution in [0.25, 0.3) is 0 Å². The van der Waals surface area contributed by atoms with Crippen LogP contribution in [0.2, 0.25) is 0 Å². The molecule has 1 saturated heterocycles. The molecule has 0 bridgehead atoms. The monoisotopic (exact) mass is 264 g/mol. The SMILES string of the molecule is Cc1ccc(C(=O)N2CCC[C@H](C)[C@H]2CN)c(F)c1. The molecule has 0 aromatic heterocycles.